The van der Waals surface area contributed by atoms with Crippen LogP contribution < -0.4 is 48.3 Å². The monoisotopic (exact) mass is 1820 g/mol. The molecule has 0 spiro atoms. The second-order valence-electron chi connectivity index (χ2n) is 30.7. The van der Waals surface area contributed by atoms with Crippen molar-refractivity contribution in [2.24, 2.45) is 5.73 Å². The van der Waals surface area contributed by atoms with Crippen LogP contribution in [0.4, 0.5) is 4.79 Å². The number of hydrogen-bond acceptors (Lipinski definition) is 13. The SMILES string of the molecule is C.C.CC(C)(C)OC(=O)CCc1ccc(Br)cc1.CC(C)(C)OC(=O)NCc1ccc(-c2cnn(C3COC3)c2)cc1.CC1(C)OB(c2cnn(C3COC3)c2)OC1(C)C.NCc1ccc(-c2cnn(C3COC3)c2)cc1.[Cl][Pd][Cl].c1ccc(P(c2ccccc2)c2ccccc2)cc1.c1ccc(P(c2ccccc2)c2ccccc2)cc1. The van der Waals surface area contributed by atoms with E-state index in [4.69, 9.17) is 57.8 Å². The molecule has 0 radical (unpaired) electrons. The van der Waals surface area contributed by atoms with Crippen LogP contribution in [0.2, 0.25) is 0 Å². The summed E-state index contributed by atoms with van der Waals surface area (Å²) in [6.07, 6.45) is 12.4. The Bertz CT molecular complexity index is 4550. The van der Waals surface area contributed by atoms with Gasteiger partial charge in [0.25, 0.3) is 0 Å². The van der Waals surface area contributed by atoms with Crippen molar-refractivity contribution in [3.05, 3.63) is 313 Å². The summed E-state index contributed by atoms with van der Waals surface area (Å²) in [7, 11) is 8.41. The van der Waals surface area contributed by atoms with Gasteiger partial charge in [-0.25, -0.2) is 4.79 Å². The van der Waals surface area contributed by atoms with Gasteiger partial charge < -0.3 is 44.0 Å². The summed E-state index contributed by atoms with van der Waals surface area (Å²) in [6, 6.07) is 90.1. The molecule has 4 aliphatic heterocycles. The molecule has 0 atom stereocenters. The second kappa shape index (κ2) is 47.1. The van der Waals surface area contributed by atoms with Crippen LogP contribution in [0.3, 0.4) is 0 Å². The van der Waals surface area contributed by atoms with Gasteiger partial charge in [-0.3, -0.25) is 18.8 Å². The van der Waals surface area contributed by atoms with Crippen molar-refractivity contribution in [1.29, 1.82) is 0 Å². The quantitative estimate of drug-likeness (QED) is 0.0469. The summed E-state index contributed by atoms with van der Waals surface area (Å²) in [6.45, 7) is 24.9. The van der Waals surface area contributed by atoms with Gasteiger partial charge in [-0.05, 0) is 163 Å². The minimum atomic E-state index is -0.487. The molecule has 4 fully saturated rings. The molecular formula is C94H112BBrCl2N8O9P2Pd. The third-order valence-electron chi connectivity index (χ3n) is 19.0. The van der Waals surface area contributed by atoms with E-state index < -0.39 is 33.1 Å². The second-order valence-corrected chi connectivity index (χ2v) is 38.4. The number of nitrogens with two attached hydrogens (primary N) is 1. The van der Waals surface area contributed by atoms with Crippen LogP contribution in [0.1, 0.15) is 125 Å². The number of carbonyl (C=O) groups is 2. The summed E-state index contributed by atoms with van der Waals surface area (Å²) in [5, 5.41) is 24.3. The van der Waals surface area contributed by atoms with Crippen LogP contribution in [0.5, 0.6) is 0 Å². The van der Waals surface area contributed by atoms with Crippen molar-refractivity contribution in [1.82, 2.24) is 34.7 Å². The molecule has 9 aromatic carbocycles. The van der Waals surface area contributed by atoms with Gasteiger partial charge in [0.05, 0.1) is 81.4 Å². The van der Waals surface area contributed by atoms with Crippen LogP contribution in [0.15, 0.2) is 296 Å². The summed E-state index contributed by atoms with van der Waals surface area (Å²) < 4.78 is 44.9. The molecule has 1 amide bonds. The van der Waals surface area contributed by atoms with Crippen molar-refractivity contribution in [2.75, 3.05) is 39.6 Å². The number of hydrogen-bond donors (Lipinski definition) is 2. The Labute approximate surface area is 726 Å². The number of amides is 1. The average Bonchev–Trinajstić information content (AvgIpc) is 1.61. The van der Waals surface area contributed by atoms with Crippen molar-refractivity contribution >= 4 is 107 Å². The van der Waals surface area contributed by atoms with Gasteiger partial charge in [0.15, 0.2) is 0 Å². The van der Waals surface area contributed by atoms with Gasteiger partial charge in [-0.2, -0.15) is 15.3 Å². The average molecular weight is 1830 g/mol. The molecule has 118 heavy (non-hydrogen) atoms. The number of benzene rings is 9. The summed E-state index contributed by atoms with van der Waals surface area (Å²) in [5.41, 5.74) is 12.9. The molecule has 3 N–H and O–H groups in total. The van der Waals surface area contributed by atoms with Crippen LogP contribution in [0, 0.1) is 0 Å². The van der Waals surface area contributed by atoms with E-state index in [1.54, 1.807) is 0 Å². The molecule has 0 saturated carbocycles. The van der Waals surface area contributed by atoms with Gasteiger partial charge in [-0.1, -0.05) is 273 Å². The van der Waals surface area contributed by atoms with Crippen LogP contribution in [0.25, 0.3) is 22.3 Å². The maximum absolute atomic E-state index is 11.7. The molecule has 12 aromatic rings. The van der Waals surface area contributed by atoms with E-state index in [0.29, 0.717) is 37.6 Å². The maximum atomic E-state index is 11.7. The van der Waals surface area contributed by atoms with E-state index in [9.17, 15) is 9.59 Å². The smallest absolute Gasteiger partial charge is 0.0134 e. The minimum Gasteiger partial charge on any atom is -0.0622 e. The standard InChI is InChI=1S/C18H23N3O3.2C18H15P.C13H17BrO2.C13H15N3O.C12H19BN2O3.2CH4.2ClH.Pd/c1-18(2,3)24-17(22)19-8-13-4-6-14(7-5-13)15-9-20-21(10-15)16-11-23-12-16;2*1-4-10-16(11-5-1)19(17-12-6-2-7-13-17)18-14-8-3-9-15-18;1-13(2,3)16-12(15)9-6-10-4-7-11(14)8-5-10;14-5-10-1-3-11(4-2-10)12-6-15-16(7-12)13-8-17-9-13;1-11(2)12(3,4)18-13(17-11)9-5-14-15(6-9)10-7-16-8-10;;;;;/h4-7,9-10,16H,8,11-12H2,1-3H3,(H,19,22);2*1-15H;4-5,7-8H,6,9H2,1-3H3;1-4,6-7,13H,5,8-9,14H2;5-6,10H,7-8H2,1-4H3;2*1H4;2*1H;/q;;;;;;;;;;+2/p-2. The first-order chi connectivity index (χ1) is 55.8. The maximum Gasteiger partial charge on any atom is -0.0134 e. The van der Waals surface area contributed by atoms with Crippen LogP contribution in [-0.4, -0.2) is 111 Å². The largest absolute Gasteiger partial charge is 0.0622 e. The zero-order chi connectivity index (χ0) is 82.5. The number of nitrogens with zero attached hydrogens (tertiary/aromatic N) is 6. The molecule has 3 aromatic heterocycles. The number of halogens is 3. The van der Waals surface area contributed by atoms with E-state index in [1.807, 2.05) is 135 Å². The molecule has 0 aliphatic carbocycles. The number of aromatic nitrogens is 6. The third-order valence-corrected chi connectivity index (χ3v) is 24.4. The Morgan fingerprint density at radius 2 is 0.788 bits per heavy atom. The molecule has 0 bridgehead atoms. The van der Waals surface area contributed by atoms with Crippen molar-refractivity contribution in [3.63, 3.8) is 0 Å². The molecule has 4 aliphatic rings. The molecular weight excluding hydrogens is 1720 g/mol. The normalized spacial score (nSPS) is 14.5. The van der Waals surface area contributed by atoms with Crippen molar-refractivity contribution in [3.8, 4) is 22.3 Å². The fraction of sp³-hybridized carbons (Fsp3) is 0.309. The van der Waals surface area contributed by atoms with E-state index in [0.717, 1.165) is 89.4 Å². The minimum absolute atomic E-state index is 0. The Morgan fingerprint density at radius 1 is 0.475 bits per heavy atom. The van der Waals surface area contributed by atoms with Gasteiger partial charge in [0.2, 0.25) is 0 Å². The molecule has 0 unspecified atom stereocenters. The number of rotatable bonds is 18. The third kappa shape index (κ3) is 29.6. The van der Waals surface area contributed by atoms with Crippen molar-refractivity contribution < 1.29 is 58.5 Å². The topological polar surface area (TPSA) is 190 Å². The summed E-state index contributed by atoms with van der Waals surface area (Å²) in [5.74, 6) is -0.143. The summed E-state index contributed by atoms with van der Waals surface area (Å²) >= 11 is 3.27. The number of alkyl carbamates (subject to hydrolysis) is 1. The number of esters is 1. The predicted molar refractivity (Wildman–Crippen MR) is 488 cm³/mol. The predicted octanol–water partition coefficient (Wildman–Crippen LogP) is 18.7. The zero-order valence-electron chi connectivity index (χ0n) is 67.4. The van der Waals surface area contributed by atoms with Gasteiger partial charge in [-0.15, -0.1) is 0 Å². The Morgan fingerprint density at radius 3 is 1.10 bits per heavy atom. The van der Waals surface area contributed by atoms with Crippen LogP contribution in [-0.2, 0) is 73.2 Å². The van der Waals surface area contributed by atoms with Gasteiger partial charge in [0.1, 0.15) is 11.2 Å². The van der Waals surface area contributed by atoms with E-state index in [-0.39, 0.29) is 55.1 Å². The molecule has 16 rings (SSSR count). The van der Waals surface area contributed by atoms with E-state index >= 15 is 0 Å². The molecule has 626 valence electrons. The van der Waals surface area contributed by atoms with Gasteiger partial charge >= 0.3 is 54.2 Å². The molecule has 24 heteroatoms. The fourth-order valence-electron chi connectivity index (χ4n) is 11.9. The zero-order valence-corrected chi connectivity index (χ0v) is 73.8. The van der Waals surface area contributed by atoms with Gasteiger partial charge in [0, 0.05) is 65.4 Å². The number of ether oxygens (including phenoxy) is 5. The van der Waals surface area contributed by atoms with Crippen molar-refractivity contribution in [2.45, 2.75) is 151 Å². The van der Waals surface area contributed by atoms with E-state index in [2.05, 4.69) is 277 Å². The Kier molecular flexibility index (Phi) is 38.0. The van der Waals surface area contributed by atoms with E-state index in [1.165, 1.54) is 37.4 Å². The number of carbonyl (C=O) groups excluding carboxylic acids is 2. The summed E-state index contributed by atoms with van der Waals surface area (Å²) in [4.78, 5) is 23.1. The Hall–Kier alpha value is -8.24. The molecule has 7 heterocycles. The molecule has 4 saturated heterocycles. The fourth-order valence-corrected chi connectivity index (χ4v) is 16.8. The van der Waals surface area contributed by atoms with Crippen LogP contribution >= 0.6 is 50.8 Å². The first kappa shape index (κ1) is 95.2. The number of nitrogens with one attached hydrogen (secondary N) is 1. The number of aryl methyl sites for hydroxylation is 1. The Balaban J connectivity index is 0.000000175. The molecule has 17 nitrogen and oxygen atoms in total. The first-order valence-electron chi connectivity index (χ1n) is 38.6. The first-order valence-corrected chi connectivity index (χ1v) is 46.1.